The first-order valence-electron chi connectivity index (χ1n) is 6.96. The summed E-state index contributed by atoms with van der Waals surface area (Å²) >= 11 is 0. The maximum absolute atomic E-state index is 11.9. The fourth-order valence-corrected chi connectivity index (χ4v) is 2.54. The summed E-state index contributed by atoms with van der Waals surface area (Å²) in [5, 5.41) is 7.79. The lowest BCUT2D eigenvalue weighted by Crippen LogP contribution is -2.49. The summed E-state index contributed by atoms with van der Waals surface area (Å²) in [6, 6.07) is 0. The van der Waals surface area contributed by atoms with Gasteiger partial charge in [0.15, 0.2) is 5.65 Å². The average molecular weight is 274 g/mol. The van der Waals surface area contributed by atoms with E-state index in [1.807, 2.05) is 11.8 Å². The molecule has 0 spiro atoms. The van der Waals surface area contributed by atoms with Crippen molar-refractivity contribution in [3.63, 3.8) is 0 Å². The molecule has 0 atom stereocenters. The van der Waals surface area contributed by atoms with E-state index in [2.05, 4.69) is 25.1 Å². The number of rotatable bonds is 3. The minimum absolute atomic E-state index is 0.253. The summed E-state index contributed by atoms with van der Waals surface area (Å²) in [7, 11) is 0. The molecule has 1 fully saturated rings. The Labute approximate surface area is 117 Å². The lowest BCUT2D eigenvalue weighted by atomic mass is 10.2. The Morgan fingerprint density at radius 3 is 2.85 bits per heavy atom. The Morgan fingerprint density at radius 2 is 2.10 bits per heavy atom. The van der Waals surface area contributed by atoms with E-state index >= 15 is 0 Å². The summed E-state index contributed by atoms with van der Waals surface area (Å²) in [6.45, 7) is 5.13. The van der Waals surface area contributed by atoms with Crippen LogP contribution in [0.1, 0.15) is 19.8 Å². The molecule has 20 heavy (non-hydrogen) atoms. The maximum Gasteiger partial charge on any atom is 0.222 e. The first-order chi connectivity index (χ1) is 9.79. The van der Waals surface area contributed by atoms with Gasteiger partial charge in [0.05, 0.1) is 11.6 Å². The first kappa shape index (κ1) is 12.8. The van der Waals surface area contributed by atoms with E-state index < -0.39 is 0 Å². The predicted molar refractivity (Wildman–Crippen MR) is 75.4 cm³/mol. The van der Waals surface area contributed by atoms with E-state index in [4.69, 9.17) is 0 Å². The van der Waals surface area contributed by atoms with Crippen molar-refractivity contribution >= 4 is 22.8 Å². The monoisotopic (exact) mass is 274 g/mol. The Kier molecular flexibility index (Phi) is 3.49. The Balaban J connectivity index is 1.72. The number of fused-ring (bicyclic) bond motifs is 1. The van der Waals surface area contributed by atoms with E-state index in [9.17, 15) is 4.79 Å². The molecule has 7 nitrogen and oxygen atoms in total. The van der Waals surface area contributed by atoms with Crippen LogP contribution in [0, 0.1) is 0 Å². The maximum atomic E-state index is 11.9. The molecule has 1 aliphatic heterocycles. The van der Waals surface area contributed by atoms with Gasteiger partial charge in [-0.2, -0.15) is 5.10 Å². The van der Waals surface area contributed by atoms with Crippen LogP contribution in [0.25, 0.3) is 11.0 Å². The van der Waals surface area contributed by atoms with Crippen LogP contribution in [0.2, 0.25) is 0 Å². The zero-order valence-corrected chi connectivity index (χ0v) is 11.5. The van der Waals surface area contributed by atoms with Crippen molar-refractivity contribution in [2.45, 2.75) is 19.8 Å². The van der Waals surface area contributed by atoms with Crippen LogP contribution < -0.4 is 4.90 Å². The number of H-pyrrole nitrogens is 1. The van der Waals surface area contributed by atoms with E-state index in [0.29, 0.717) is 6.42 Å². The van der Waals surface area contributed by atoms with Gasteiger partial charge in [-0.05, 0) is 6.42 Å². The van der Waals surface area contributed by atoms with Crippen LogP contribution in [0.15, 0.2) is 12.5 Å². The summed E-state index contributed by atoms with van der Waals surface area (Å²) in [5.41, 5.74) is 0.750. The molecular formula is C13H18N6O. The molecule has 0 aromatic carbocycles. The van der Waals surface area contributed by atoms with Crippen molar-refractivity contribution in [2.24, 2.45) is 0 Å². The Hall–Kier alpha value is -2.18. The van der Waals surface area contributed by atoms with Gasteiger partial charge in [-0.15, -0.1) is 0 Å². The number of hydrogen-bond donors (Lipinski definition) is 1. The minimum Gasteiger partial charge on any atom is -0.352 e. The average Bonchev–Trinajstić information content (AvgIpc) is 2.96. The zero-order valence-electron chi connectivity index (χ0n) is 11.5. The highest BCUT2D eigenvalue weighted by Gasteiger charge is 2.22. The highest BCUT2D eigenvalue weighted by molar-refractivity contribution is 5.86. The number of amides is 1. The number of nitrogens with one attached hydrogen (secondary N) is 1. The molecule has 1 aliphatic rings. The largest absolute Gasteiger partial charge is 0.352 e. The molecule has 2 aromatic rings. The third-order valence-corrected chi connectivity index (χ3v) is 3.62. The fourth-order valence-electron chi connectivity index (χ4n) is 2.54. The second kappa shape index (κ2) is 5.44. The van der Waals surface area contributed by atoms with Gasteiger partial charge in [0, 0.05) is 32.6 Å². The lowest BCUT2D eigenvalue weighted by Gasteiger charge is -2.35. The van der Waals surface area contributed by atoms with E-state index in [0.717, 1.165) is 49.5 Å². The van der Waals surface area contributed by atoms with E-state index in [1.165, 1.54) is 0 Å². The van der Waals surface area contributed by atoms with Gasteiger partial charge in [-0.1, -0.05) is 6.92 Å². The molecule has 0 unspecified atom stereocenters. The molecule has 2 aromatic heterocycles. The number of aromatic nitrogens is 4. The summed E-state index contributed by atoms with van der Waals surface area (Å²) in [6.07, 6.45) is 4.84. The number of nitrogens with zero attached hydrogens (tertiary/aromatic N) is 5. The van der Waals surface area contributed by atoms with Gasteiger partial charge < -0.3 is 9.80 Å². The number of piperazine rings is 1. The molecule has 3 heterocycles. The third kappa shape index (κ3) is 2.31. The topological polar surface area (TPSA) is 78.0 Å². The molecule has 7 heteroatoms. The summed E-state index contributed by atoms with van der Waals surface area (Å²) in [4.78, 5) is 24.5. The number of hydrogen-bond acceptors (Lipinski definition) is 5. The molecule has 0 saturated carbocycles. The summed E-state index contributed by atoms with van der Waals surface area (Å²) < 4.78 is 0. The second-order valence-corrected chi connectivity index (χ2v) is 4.95. The highest BCUT2D eigenvalue weighted by atomic mass is 16.2. The molecule has 0 bridgehead atoms. The van der Waals surface area contributed by atoms with Crippen LogP contribution in [-0.4, -0.2) is 57.2 Å². The lowest BCUT2D eigenvalue weighted by molar-refractivity contribution is -0.131. The predicted octanol–water partition coefficient (Wildman–Crippen LogP) is 0.802. The molecular weight excluding hydrogens is 256 g/mol. The second-order valence-electron chi connectivity index (χ2n) is 4.95. The number of anilines is 1. The quantitative estimate of drug-likeness (QED) is 0.895. The number of carbonyl (C=O) groups is 1. The summed E-state index contributed by atoms with van der Waals surface area (Å²) in [5.74, 6) is 1.15. The minimum atomic E-state index is 0.253. The van der Waals surface area contributed by atoms with Gasteiger partial charge in [0.25, 0.3) is 0 Å². The fraction of sp³-hybridized carbons (Fsp3) is 0.538. The van der Waals surface area contributed by atoms with Gasteiger partial charge in [0.2, 0.25) is 5.91 Å². The molecule has 0 aliphatic carbocycles. The van der Waals surface area contributed by atoms with Crippen molar-refractivity contribution < 1.29 is 4.79 Å². The molecule has 3 rings (SSSR count). The van der Waals surface area contributed by atoms with Gasteiger partial charge in [0.1, 0.15) is 12.1 Å². The molecule has 1 N–H and O–H groups in total. The van der Waals surface area contributed by atoms with Gasteiger partial charge in [-0.3, -0.25) is 9.89 Å². The molecule has 0 radical (unpaired) electrons. The van der Waals surface area contributed by atoms with Gasteiger partial charge in [-0.25, -0.2) is 9.97 Å². The van der Waals surface area contributed by atoms with Crippen LogP contribution in [0.5, 0.6) is 0 Å². The van der Waals surface area contributed by atoms with Crippen LogP contribution in [-0.2, 0) is 4.79 Å². The Morgan fingerprint density at radius 1 is 1.30 bits per heavy atom. The standard InChI is InChI=1S/C13H18N6O/c1-2-3-11(20)18-4-6-19(7-5-18)13-10-8-16-17-12(10)14-9-15-13/h8-9H,2-7H2,1H3,(H,14,15,16,17). The first-order valence-corrected chi connectivity index (χ1v) is 6.96. The van der Waals surface area contributed by atoms with E-state index in [1.54, 1.807) is 12.5 Å². The van der Waals surface area contributed by atoms with Crippen LogP contribution >= 0.6 is 0 Å². The van der Waals surface area contributed by atoms with Crippen molar-refractivity contribution in [3.05, 3.63) is 12.5 Å². The third-order valence-electron chi connectivity index (χ3n) is 3.62. The van der Waals surface area contributed by atoms with Crippen molar-refractivity contribution in [1.29, 1.82) is 0 Å². The van der Waals surface area contributed by atoms with Gasteiger partial charge >= 0.3 is 0 Å². The van der Waals surface area contributed by atoms with Crippen LogP contribution in [0.4, 0.5) is 5.82 Å². The van der Waals surface area contributed by atoms with Crippen LogP contribution in [0.3, 0.4) is 0 Å². The Bertz CT molecular complexity index is 602. The van der Waals surface area contributed by atoms with E-state index in [-0.39, 0.29) is 5.91 Å². The SMILES string of the molecule is CCCC(=O)N1CCN(c2ncnc3[nH]ncc23)CC1. The molecule has 1 amide bonds. The normalized spacial score (nSPS) is 15.8. The number of aromatic amines is 1. The van der Waals surface area contributed by atoms with Crippen molar-refractivity contribution in [3.8, 4) is 0 Å². The highest BCUT2D eigenvalue weighted by Crippen LogP contribution is 2.22. The molecule has 106 valence electrons. The smallest absolute Gasteiger partial charge is 0.222 e. The zero-order chi connectivity index (χ0) is 13.9. The van der Waals surface area contributed by atoms with Crippen molar-refractivity contribution in [2.75, 3.05) is 31.1 Å². The molecule has 1 saturated heterocycles. The van der Waals surface area contributed by atoms with Crippen molar-refractivity contribution in [1.82, 2.24) is 25.1 Å². The number of carbonyl (C=O) groups excluding carboxylic acids is 1.